The normalized spacial score (nSPS) is 9.81. The zero-order valence-electron chi connectivity index (χ0n) is 9.90. The average Bonchev–Trinajstić information content (AvgIpc) is 2.20. The Bertz CT molecular complexity index is 155. The van der Waals surface area contributed by atoms with Crippen LogP contribution in [0.15, 0.2) is 0 Å². The molecule has 0 unspecified atom stereocenters. The number of rotatable bonds is 11. The fourth-order valence-electron chi connectivity index (χ4n) is 0.738. The van der Waals surface area contributed by atoms with Gasteiger partial charge in [0.2, 0.25) is 0 Å². The van der Waals surface area contributed by atoms with Gasteiger partial charge in [0.1, 0.15) is 0 Å². The van der Waals surface area contributed by atoms with Crippen molar-refractivity contribution in [3.63, 3.8) is 0 Å². The van der Waals surface area contributed by atoms with Gasteiger partial charge in [0.05, 0.1) is 52.2 Å². The number of carboxylic acids is 1. The zero-order chi connectivity index (χ0) is 11.4. The van der Waals surface area contributed by atoms with Gasteiger partial charge in [-0.1, -0.05) is 0 Å². The van der Waals surface area contributed by atoms with Crippen LogP contribution in [0.3, 0.4) is 0 Å². The Hall–Kier alpha value is -0.0926. The number of ether oxygens (including phenoxy) is 4. The summed E-state index contributed by atoms with van der Waals surface area (Å²) < 4.78 is 19.7. The van der Waals surface area contributed by atoms with E-state index < -0.39 is 12.6 Å². The molecule has 0 spiro atoms. The number of carboxylic acid groups (broad SMARTS) is 1. The van der Waals surface area contributed by atoms with E-state index in [0.29, 0.717) is 33.0 Å². The van der Waals surface area contributed by atoms with Crippen molar-refractivity contribution in [3.05, 3.63) is 0 Å². The number of methoxy groups -OCH3 is 1. The Morgan fingerprint density at radius 1 is 0.938 bits per heavy atom. The maximum atomic E-state index is 9.93. The van der Waals surface area contributed by atoms with Gasteiger partial charge in [0, 0.05) is 7.11 Å². The van der Waals surface area contributed by atoms with E-state index in [1.807, 2.05) is 0 Å². The Balaban J connectivity index is 0. The van der Waals surface area contributed by atoms with Gasteiger partial charge < -0.3 is 28.8 Å². The topological polar surface area (TPSA) is 77.0 Å². The van der Waals surface area contributed by atoms with Gasteiger partial charge >= 0.3 is 18.9 Å². The third-order valence-electron chi connectivity index (χ3n) is 1.40. The Morgan fingerprint density at radius 3 is 1.81 bits per heavy atom. The van der Waals surface area contributed by atoms with Gasteiger partial charge in [0.15, 0.2) is 0 Å². The van der Waals surface area contributed by atoms with Gasteiger partial charge in [-0.2, -0.15) is 0 Å². The first-order valence-corrected chi connectivity index (χ1v) is 4.69. The molecule has 0 aromatic rings. The van der Waals surface area contributed by atoms with E-state index in [2.05, 4.69) is 0 Å². The second-order valence-electron chi connectivity index (χ2n) is 2.64. The molecule has 0 saturated carbocycles. The van der Waals surface area contributed by atoms with Gasteiger partial charge in [-0.15, -0.1) is 0 Å². The maximum Gasteiger partial charge on any atom is 1.00 e. The van der Waals surface area contributed by atoms with Crippen molar-refractivity contribution >= 4 is 5.97 Å². The number of carbonyl (C=O) groups is 1. The van der Waals surface area contributed by atoms with Crippen LogP contribution in [0.25, 0.3) is 0 Å². The van der Waals surface area contributed by atoms with Crippen LogP contribution in [0.5, 0.6) is 0 Å². The third-order valence-corrected chi connectivity index (χ3v) is 1.40. The molecule has 0 aliphatic carbocycles. The summed E-state index contributed by atoms with van der Waals surface area (Å²) in [7, 11) is 1.61. The number of carbonyl (C=O) groups excluding carboxylic acids is 1. The van der Waals surface area contributed by atoms with Crippen molar-refractivity contribution in [2.45, 2.75) is 0 Å². The molecule has 6 nitrogen and oxygen atoms in total. The second-order valence-corrected chi connectivity index (χ2v) is 2.64. The zero-order valence-corrected chi connectivity index (χ0v) is 9.90. The molecule has 0 saturated heterocycles. The van der Waals surface area contributed by atoms with Crippen LogP contribution in [0.2, 0.25) is 0 Å². The summed E-state index contributed by atoms with van der Waals surface area (Å²) in [4.78, 5) is 9.93. The predicted molar refractivity (Wildman–Crippen MR) is 49.3 cm³/mol. The minimum Gasteiger partial charge on any atom is -0.548 e. The first-order valence-electron chi connectivity index (χ1n) is 4.69. The van der Waals surface area contributed by atoms with Gasteiger partial charge in [0.25, 0.3) is 0 Å². The molecule has 0 aromatic heterocycles. The van der Waals surface area contributed by atoms with Crippen LogP contribution in [0.4, 0.5) is 0 Å². The first kappa shape index (κ1) is 18.3. The summed E-state index contributed by atoms with van der Waals surface area (Å²) in [5.74, 6) is -1.22. The summed E-state index contributed by atoms with van der Waals surface area (Å²) in [6.07, 6.45) is 0. The average molecular weight is 228 g/mol. The largest absolute Gasteiger partial charge is 1.00 e. The van der Waals surface area contributed by atoms with Crippen LogP contribution in [0.1, 0.15) is 0 Å². The first-order chi connectivity index (χ1) is 7.27. The molecule has 0 aliphatic rings. The van der Waals surface area contributed by atoms with Crippen molar-refractivity contribution in [1.29, 1.82) is 0 Å². The minimum absolute atomic E-state index is 0. The smallest absolute Gasteiger partial charge is 0.548 e. The Morgan fingerprint density at radius 2 is 1.38 bits per heavy atom. The number of aliphatic carboxylic acids is 1. The summed E-state index contributed by atoms with van der Waals surface area (Å²) >= 11 is 0. The SMILES string of the molecule is COCCOCCOCCOCC(=O)[O-].[Li+]. The molecule has 7 heteroatoms. The molecule has 0 aliphatic heterocycles. The van der Waals surface area contributed by atoms with Crippen LogP contribution >= 0.6 is 0 Å². The van der Waals surface area contributed by atoms with Crippen molar-refractivity contribution in [1.82, 2.24) is 0 Å². The molecule has 0 N–H and O–H groups in total. The van der Waals surface area contributed by atoms with Crippen LogP contribution < -0.4 is 24.0 Å². The molecule has 16 heavy (non-hydrogen) atoms. The Labute approximate surface area is 107 Å². The molecule has 0 rings (SSSR count). The van der Waals surface area contributed by atoms with Gasteiger partial charge in [-0.25, -0.2) is 0 Å². The Kier molecular flexibility index (Phi) is 17.0. The number of hydrogen-bond acceptors (Lipinski definition) is 6. The fraction of sp³-hybridized carbons (Fsp3) is 0.889. The maximum absolute atomic E-state index is 9.93. The molecule has 0 bridgehead atoms. The van der Waals surface area contributed by atoms with Crippen LogP contribution in [0, 0.1) is 0 Å². The van der Waals surface area contributed by atoms with Crippen molar-refractivity contribution in [2.24, 2.45) is 0 Å². The monoisotopic (exact) mass is 228 g/mol. The van der Waals surface area contributed by atoms with Crippen LogP contribution in [-0.2, 0) is 23.7 Å². The van der Waals surface area contributed by atoms with Gasteiger partial charge in [-0.3, -0.25) is 0 Å². The molecular formula is C9H17LiO6. The van der Waals surface area contributed by atoms with Crippen LogP contribution in [-0.4, -0.2) is 59.3 Å². The fourth-order valence-corrected chi connectivity index (χ4v) is 0.738. The molecule has 0 fully saturated rings. The summed E-state index contributed by atoms with van der Waals surface area (Å²) in [5, 5.41) is 9.93. The van der Waals surface area contributed by atoms with E-state index >= 15 is 0 Å². The quantitative estimate of drug-likeness (QED) is 0.262. The molecule has 0 radical (unpaired) electrons. The van der Waals surface area contributed by atoms with Crippen molar-refractivity contribution < 1.29 is 47.7 Å². The van der Waals surface area contributed by atoms with E-state index in [0.717, 1.165) is 0 Å². The summed E-state index contributed by atoms with van der Waals surface area (Å²) in [5.41, 5.74) is 0. The van der Waals surface area contributed by atoms with E-state index in [1.54, 1.807) is 7.11 Å². The number of hydrogen-bond donors (Lipinski definition) is 0. The predicted octanol–water partition coefficient (Wildman–Crippen LogP) is -4.56. The van der Waals surface area contributed by atoms with Crippen molar-refractivity contribution in [3.8, 4) is 0 Å². The summed E-state index contributed by atoms with van der Waals surface area (Å²) in [6.45, 7) is 2.25. The molecule has 0 aromatic carbocycles. The van der Waals surface area contributed by atoms with Gasteiger partial charge in [-0.05, 0) is 0 Å². The molecule has 0 atom stereocenters. The van der Waals surface area contributed by atoms with E-state index in [-0.39, 0.29) is 25.5 Å². The van der Waals surface area contributed by atoms with E-state index in [4.69, 9.17) is 18.9 Å². The molecule has 0 amide bonds. The third kappa shape index (κ3) is 16.3. The molecule has 90 valence electrons. The minimum atomic E-state index is -1.22. The molecular weight excluding hydrogens is 211 g/mol. The summed E-state index contributed by atoms with van der Waals surface area (Å²) in [6, 6.07) is 0. The molecule has 0 heterocycles. The second kappa shape index (κ2) is 14.9. The van der Waals surface area contributed by atoms with E-state index in [9.17, 15) is 9.90 Å². The van der Waals surface area contributed by atoms with Crippen molar-refractivity contribution in [2.75, 3.05) is 53.4 Å². The van der Waals surface area contributed by atoms with E-state index in [1.165, 1.54) is 0 Å². The standard InChI is InChI=1S/C9H18O6.Li/c1-12-2-3-13-4-5-14-6-7-15-8-9(10)11;/h2-8H2,1H3,(H,10,11);/q;+1/p-1.